The molecule has 27 heavy (non-hydrogen) atoms. The summed E-state index contributed by atoms with van der Waals surface area (Å²) in [6.07, 6.45) is 0.942. The molecule has 0 saturated carbocycles. The molecule has 156 valence electrons. The van der Waals surface area contributed by atoms with Crippen molar-refractivity contribution in [2.24, 2.45) is 0 Å². The predicted molar refractivity (Wildman–Crippen MR) is 107 cm³/mol. The second kappa shape index (κ2) is 9.80. The van der Waals surface area contributed by atoms with Gasteiger partial charge in [-0.3, -0.25) is 0 Å². The van der Waals surface area contributed by atoms with Crippen LogP contribution in [0.1, 0.15) is 48.0 Å². The van der Waals surface area contributed by atoms with Gasteiger partial charge in [0.2, 0.25) is 0 Å². The van der Waals surface area contributed by atoms with Crippen LogP contribution >= 0.6 is 0 Å². The minimum absolute atomic E-state index is 0.185. The average Bonchev–Trinajstić information content (AvgIpc) is 2.39. The third-order valence-electron chi connectivity index (χ3n) is 3.26. The molecule has 0 heterocycles. The van der Waals surface area contributed by atoms with Gasteiger partial charge >= 0.3 is 167 Å². The van der Waals surface area contributed by atoms with Gasteiger partial charge in [-0.15, -0.1) is 0 Å². The van der Waals surface area contributed by atoms with Crippen LogP contribution in [0.2, 0.25) is 14.8 Å². The maximum absolute atomic E-state index is 12.3. The Morgan fingerprint density at radius 2 is 1.44 bits per heavy atom. The molecule has 0 aromatic carbocycles. The van der Waals surface area contributed by atoms with Crippen molar-refractivity contribution in [1.82, 2.24) is 5.32 Å². The summed E-state index contributed by atoms with van der Waals surface area (Å²) in [5.74, 6) is -1.04. The van der Waals surface area contributed by atoms with Crippen molar-refractivity contribution in [3.05, 3.63) is 9.67 Å². The van der Waals surface area contributed by atoms with E-state index in [0.29, 0.717) is 0 Å². The standard InChI is InChI=1S/C16H26NO6.3CH3.Sn/c1-15(2,3)22-12(18)10-8-9-11(13(19)21-7)17-14(20)23-16(4,5)6;;;;/h10-11H,9H2,1-7H3,(H,17,20);3*1H3;/t11-;;;;/m0..../s1. The number of esters is 2. The topological polar surface area (TPSA) is 90.9 Å². The van der Waals surface area contributed by atoms with E-state index in [1.165, 1.54) is 13.2 Å². The van der Waals surface area contributed by atoms with Gasteiger partial charge in [0, 0.05) is 0 Å². The van der Waals surface area contributed by atoms with E-state index >= 15 is 0 Å². The first-order chi connectivity index (χ1) is 11.9. The molecule has 0 radical (unpaired) electrons. The minimum atomic E-state index is -2.78. The number of carbonyl (C=O) groups is 3. The number of hydrogen-bond acceptors (Lipinski definition) is 6. The molecule has 0 bridgehead atoms. The molecular formula is C19H35NO6Sn. The Bertz CT molecular complexity index is 578. The average molecular weight is 492 g/mol. The molecule has 7 nitrogen and oxygen atoms in total. The van der Waals surface area contributed by atoms with Gasteiger partial charge in [-0.25, -0.2) is 0 Å². The third kappa shape index (κ3) is 11.9. The van der Waals surface area contributed by atoms with Crippen LogP contribution in [0.3, 0.4) is 0 Å². The molecule has 0 saturated heterocycles. The number of alkyl carbamates (subject to hydrolysis) is 1. The zero-order valence-electron chi connectivity index (χ0n) is 18.3. The Morgan fingerprint density at radius 1 is 0.963 bits per heavy atom. The maximum atomic E-state index is 12.3. The molecule has 0 fully saturated rings. The molecule has 0 aliphatic heterocycles. The van der Waals surface area contributed by atoms with Crippen LogP contribution < -0.4 is 5.32 Å². The second-order valence-electron chi connectivity index (χ2n) is 9.38. The fourth-order valence-electron chi connectivity index (χ4n) is 2.06. The van der Waals surface area contributed by atoms with E-state index < -0.39 is 53.7 Å². The molecule has 8 heteroatoms. The summed E-state index contributed by atoms with van der Waals surface area (Å²) in [6, 6.07) is -0.936. The van der Waals surface area contributed by atoms with E-state index in [9.17, 15) is 14.4 Å². The number of carbonyl (C=O) groups excluding carboxylic acids is 3. The van der Waals surface area contributed by atoms with E-state index in [2.05, 4.69) is 20.1 Å². The Kier molecular flexibility index (Phi) is 9.34. The number of methoxy groups -OCH3 is 1. The van der Waals surface area contributed by atoms with Crippen molar-refractivity contribution in [1.29, 1.82) is 0 Å². The van der Waals surface area contributed by atoms with E-state index in [-0.39, 0.29) is 6.42 Å². The quantitative estimate of drug-likeness (QED) is 0.264. The summed E-state index contributed by atoms with van der Waals surface area (Å²) < 4.78 is 16.3. The van der Waals surface area contributed by atoms with Crippen LogP contribution in [-0.4, -0.2) is 60.8 Å². The summed E-state index contributed by atoms with van der Waals surface area (Å²) >= 11 is -2.78. The Balaban J connectivity index is 5.54. The van der Waals surface area contributed by atoms with Crippen molar-refractivity contribution >= 4 is 36.4 Å². The van der Waals surface area contributed by atoms with E-state index in [4.69, 9.17) is 14.2 Å². The fraction of sp³-hybridized carbons (Fsp3) is 0.737. The number of rotatable bonds is 6. The van der Waals surface area contributed by atoms with Crippen molar-refractivity contribution in [3.63, 3.8) is 0 Å². The number of ether oxygens (including phenoxy) is 3. The predicted octanol–water partition coefficient (Wildman–Crippen LogP) is 3.59. The summed E-state index contributed by atoms with van der Waals surface area (Å²) in [6.45, 7) is 10.6. The van der Waals surface area contributed by atoms with Crippen molar-refractivity contribution in [3.8, 4) is 0 Å². The van der Waals surface area contributed by atoms with Gasteiger partial charge in [0.05, 0.1) is 0 Å². The first-order valence-corrected chi connectivity index (χ1v) is 18.9. The van der Waals surface area contributed by atoms with E-state index in [0.717, 1.165) is 3.59 Å². The van der Waals surface area contributed by atoms with Gasteiger partial charge in [-0.1, -0.05) is 0 Å². The molecule has 1 N–H and O–H groups in total. The van der Waals surface area contributed by atoms with Crippen molar-refractivity contribution < 1.29 is 28.6 Å². The molecule has 0 spiro atoms. The van der Waals surface area contributed by atoms with Crippen molar-refractivity contribution in [2.75, 3.05) is 7.11 Å². The van der Waals surface area contributed by atoms with Gasteiger partial charge in [-0.2, -0.15) is 0 Å². The van der Waals surface area contributed by atoms with Crippen LogP contribution in [-0.2, 0) is 23.8 Å². The summed E-state index contributed by atoms with van der Waals surface area (Å²) in [5.41, 5.74) is -1.30. The van der Waals surface area contributed by atoms with Gasteiger partial charge in [0.1, 0.15) is 0 Å². The van der Waals surface area contributed by atoms with E-state index in [1.807, 2.05) is 0 Å². The monoisotopic (exact) mass is 493 g/mol. The van der Waals surface area contributed by atoms with Crippen LogP contribution in [0, 0.1) is 0 Å². The second-order valence-corrected chi connectivity index (χ2v) is 24.1. The van der Waals surface area contributed by atoms with Crippen LogP contribution in [0.25, 0.3) is 0 Å². The third-order valence-corrected chi connectivity index (χ3v) is 9.76. The van der Waals surface area contributed by atoms with Crippen LogP contribution in [0.4, 0.5) is 4.79 Å². The summed E-state index contributed by atoms with van der Waals surface area (Å²) in [4.78, 5) is 42.9. The van der Waals surface area contributed by atoms with Gasteiger partial charge in [0.25, 0.3) is 0 Å². The summed E-state index contributed by atoms with van der Waals surface area (Å²) in [5, 5.41) is 2.55. The molecule has 0 unspecified atom stereocenters. The number of hydrogen-bond donors (Lipinski definition) is 1. The Hall–Kier alpha value is -1.25. The molecule has 1 atom stereocenters. The number of nitrogens with one attached hydrogen (secondary N) is 1. The van der Waals surface area contributed by atoms with Gasteiger partial charge in [-0.05, 0) is 0 Å². The van der Waals surface area contributed by atoms with Gasteiger partial charge in [0.15, 0.2) is 0 Å². The molecule has 0 aromatic heterocycles. The van der Waals surface area contributed by atoms with Crippen molar-refractivity contribution in [2.45, 2.75) is 80.0 Å². The molecular weight excluding hydrogens is 457 g/mol. The zero-order valence-corrected chi connectivity index (χ0v) is 21.2. The SMILES string of the molecule is COC(=O)[C@H](C/[C](=C\C(=O)OC(C)(C)C)[Sn]([CH3])([CH3])[CH3])NC(=O)OC(C)(C)C. The summed E-state index contributed by atoms with van der Waals surface area (Å²) in [7, 11) is 1.25. The molecule has 0 rings (SSSR count). The van der Waals surface area contributed by atoms with E-state index in [1.54, 1.807) is 41.5 Å². The first kappa shape index (κ1) is 25.7. The Labute approximate surface area is 167 Å². The van der Waals surface area contributed by atoms with Gasteiger partial charge < -0.3 is 0 Å². The normalized spacial score (nSPS) is 14.2. The van der Waals surface area contributed by atoms with Crippen LogP contribution in [0.5, 0.6) is 0 Å². The van der Waals surface area contributed by atoms with Crippen LogP contribution in [0.15, 0.2) is 9.67 Å². The first-order valence-electron chi connectivity index (χ1n) is 8.96. The molecule has 0 aliphatic rings. The fourth-order valence-corrected chi connectivity index (χ4v) is 5.96. The molecule has 0 aromatic rings. The Morgan fingerprint density at radius 3 is 1.81 bits per heavy atom. The molecule has 1 amide bonds. The number of amides is 1. The molecule has 0 aliphatic carbocycles. The zero-order chi connectivity index (χ0) is 21.6.